The molecule has 0 radical (unpaired) electrons. The number of nitrogens with one attached hydrogen (secondary N) is 1. The van der Waals surface area contributed by atoms with Crippen LogP contribution in [0.15, 0.2) is 10.5 Å². The van der Waals surface area contributed by atoms with Gasteiger partial charge < -0.3 is 9.73 Å². The summed E-state index contributed by atoms with van der Waals surface area (Å²) in [5.41, 5.74) is 1.44. The van der Waals surface area contributed by atoms with Crippen molar-refractivity contribution >= 4 is 0 Å². The van der Waals surface area contributed by atoms with Crippen LogP contribution in [0.5, 0.6) is 0 Å². The minimum Gasteiger partial charge on any atom is -0.465 e. The molecule has 0 atom stereocenters. The zero-order chi connectivity index (χ0) is 15.3. The third kappa shape index (κ3) is 5.84. The second-order valence-corrected chi connectivity index (χ2v) is 7.44. The van der Waals surface area contributed by atoms with Crippen LogP contribution in [0.3, 0.4) is 0 Å². The number of aryl methyl sites for hydroxylation is 1. The Bertz CT molecular complexity index is 423. The lowest BCUT2D eigenvalue weighted by molar-refractivity contribution is 0.221. The summed E-state index contributed by atoms with van der Waals surface area (Å²) in [5.74, 6) is 2.19. The van der Waals surface area contributed by atoms with Crippen LogP contribution in [0.2, 0.25) is 0 Å². The van der Waals surface area contributed by atoms with Crippen LogP contribution in [-0.2, 0) is 13.1 Å². The standard InChI is InChI=1S/C18H32N2O/c1-15-16(13-19-18(2,3)4)12-17(21-15)14-20-10-8-6-5-7-9-11-20/h12,19H,5-11,13-14H2,1-4H3. The maximum Gasteiger partial charge on any atom is 0.118 e. The molecule has 0 saturated carbocycles. The van der Waals surface area contributed by atoms with Crippen molar-refractivity contribution in [3.63, 3.8) is 0 Å². The van der Waals surface area contributed by atoms with Crippen LogP contribution in [0.1, 0.15) is 70.0 Å². The van der Waals surface area contributed by atoms with Crippen molar-refractivity contribution in [3.8, 4) is 0 Å². The van der Waals surface area contributed by atoms with Gasteiger partial charge in [0.2, 0.25) is 0 Å². The lowest BCUT2D eigenvalue weighted by Gasteiger charge is -2.23. The first-order valence-corrected chi connectivity index (χ1v) is 8.49. The molecule has 1 aromatic rings. The van der Waals surface area contributed by atoms with Crippen molar-refractivity contribution in [1.82, 2.24) is 10.2 Å². The van der Waals surface area contributed by atoms with Crippen molar-refractivity contribution in [2.24, 2.45) is 0 Å². The number of rotatable bonds is 4. The molecule has 2 heterocycles. The molecule has 1 aromatic heterocycles. The van der Waals surface area contributed by atoms with E-state index in [0.29, 0.717) is 0 Å². The third-order valence-corrected chi connectivity index (χ3v) is 4.21. The number of furan rings is 1. The van der Waals surface area contributed by atoms with Crippen LogP contribution in [0.4, 0.5) is 0 Å². The molecule has 0 spiro atoms. The molecular formula is C18H32N2O. The molecule has 2 rings (SSSR count). The normalized spacial score (nSPS) is 18.5. The van der Waals surface area contributed by atoms with Crippen molar-refractivity contribution in [3.05, 3.63) is 23.2 Å². The number of hydrogen-bond donors (Lipinski definition) is 1. The van der Waals surface area contributed by atoms with Gasteiger partial charge in [0.05, 0.1) is 6.54 Å². The minimum atomic E-state index is 0.146. The van der Waals surface area contributed by atoms with Gasteiger partial charge >= 0.3 is 0 Å². The summed E-state index contributed by atoms with van der Waals surface area (Å²) in [4.78, 5) is 2.55. The highest BCUT2D eigenvalue weighted by molar-refractivity contribution is 5.21. The van der Waals surface area contributed by atoms with Gasteiger partial charge in [-0.15, -0.1) is 0 Å². The lowest BCUT2D eigenvalue weighted by Crippen LogP contribution is -2.35. The molecule has 0 amide bonds. The summed E-state index contributed by atoms with van der Waals surface area (Å²) in [6.07, 6.45) is 6.84. The topological polar surface area (TPSA) is 28.4 Å². The predicted octanol–water partition coefficient (Wildman–Crippen LogP) is 4.24. The van der Waals surface area contributed by atoms with Gasteiger partial charge in [-0.2, -0.15) is 0 Å². The Labute approximate surface area is 130 Å². The first kappa shape index (κ1) is 16.6. The molecule has 3 heteroatoms. The van der Waals surface area contributed by atoms with E-state index in [9.17, 15) is 0 Å². The van der Waals surface area contributed by atoms with E-state index < -0.39 is 0 Å². The van der Waals surface area contributed by atoms with E-state index in [1.54, 1.807) is 0 Å². The van der Waals surface area contributed by atoms with Crippen molar-refractivity contribution in [1.29, 1.82) is 0 Å². The van der Waals surface area contributed by atoms with E-state index in [1.165, 1.54) is 50.8 Å². The maximum atomic E-state index is 5.97. The second-order valence-electron chi connectivity index (χ2n) is 7.44. The summed E-state index contributed by atoms with van der Waals surface area (Å²) in [6, 6.07) is 2.24. The largest absolute Gasteiger partial charge is 0.465 e. The Kier molecular flexibility index (Phi) is 5.88. The van der Waals surface area contributed by atoms with E-state index >= 15 is 0 Å². The molecule has 0 bridgehead atoms. The molecule has 0 aromatic carbocycles. The van der Waals surface area contributed by atoms with Crippen LogP contribution < -0.4 is 5.32 Å². The molecule has 1 aliphatic heterocycles. The minimum absolute atomic E-state index is 0.146. The van der Waals surface area contributed by atoms with Crippen molar-refractivity contribution < 1.29 is 4.42 Å². The Balaban J connectivity index is 1.91. The Hall–Kier alpha value is -0.800. The van der Waals surface area contributed by atoms with Crippen molar-refractivity contribution in [2.75, 3.05) is 13.1 Å². The monoisotopic (exact) mass is 292 g/mol. The Morgan fingerprint density at radius 1 is 1.10 bits per heavy atom. The molecule has 1 saturated heterocycles. The summed E-state index contributed by atoms with van der Waals surface area (Å²) in [5, 5.41) is 3.54. The second kappa shape index (κ2) is 7.46. The fourth-order valence-electron chi connectivity index (χ4n) is 2.89. The molecule has 0 aliphatic carbocycles. The average molecular weight is 292 g/mol. The number of nitrogens with zero attached hydrogens (tertiary/aromatic N) is 1. The van der Waals surface area contributed by atoms with Crippen molar-refractivity contribution in [2.45, 2.75) is 78.4 Å². The molecule has 1 N–H and O–H groups in total. The molecule has 21 heavy (non-hydrogen) atoms. The lowest BCUT2D eigenvalue weighted by atomic mass is 10.1. The van der Waals surface area contributed by atoms with Crippen LogP contribution >= 0.6 is 0 Å². The Morgan fingerprint density at radius 3 is 2.33 bits per heavy atom. The molecule has 3 nitrogen and oxygen atoms in total. The van der Waals surface area contributed by atoms with Gasteiger partial charge in [-0.05, 0) is 59.7 Å². The van der Waals surface area contributed by atoms with Gasteiger partial charge in [0.25, 0.3) is 0 Å². The fraction of sp³-hybridized carbons (Fsp3) is 0.778. The number of hydrogen-bond acceptors (Lipinski definition) is 3. The van der Waals surface area contributed by atoms with E-state index in [1.807, 2.05) is 0 Å². The zero-order valence-corrected chi connectivity index (χ0v) is 14.3. The predicted molar refractivity (Wildman–Crippen MR) is 88.4 cm³/mol. The van der Waals surface area contributed by atoms with Gasteiger partial charge in [-0.3, -0.25) is 4.90 Å². The molecule has 1 fully saturated rings. The third-order valence-electron chi connectivity index (χ3n) is 4.21. The zero-order valence-electron chi connectivity index (χ0n) is 14.3. The fourth-order valence-corrected chi connectivity index (χ4v) is 2.89. The van der Waals surface area contributed by atoms with E-state index in [2.05, 4.69) is 44.0 Å². The van der Waals surface area contributed by atoms with Crippen LogP contribution in [0.25, 0.3) is 0 Å². The van der Waals surface area contributed by atoms with E-state index in [0.717, 1.165) is 24.6 Å². The summed E-state index contributed by atoms with van der Waals surface area (Å²) in [7, 11) is 0. The Morgan fingerprint density at radius 2 is 1.71 bits per heavy atom. The van der Waals surface area contributed by atoms with E-state index in [-0.39, 0.29) is 5.54 Å². The van der Waals surface area contributed by atoms with E-state index in [4.69, 9.17) is 4.42 Å². The smallest absolute Gasteiger partial charge is 0.118 e. The molecule has 0 unspecified atom stereocenters. The quantitative estimate of drug-likeness (QED) is 0.899. The summed E-state index contributed by atoms with van der Waals surface area (Å²) in [6.45, 7) is 13.0. The molecule has 120 valence electrons. The molecule has 1 aliphatic rings. The number of likely N-dealkylation sites (tertiary alicyclic amines) is 1. The van der Waals surface area contributed by atoms with Gasteiger partial charge in [0, 0.05) is 17.6 Å². The van der Waals surface area contributed by atoms with Gasteiger partial charge in [0.1, 0.15) is 11.5 Å². The highest BCUT2D eigenvalue weighted by Crippen LogP contribution is 2.19. The average Bonchev–Trinajstić information content (AvgIpc) is 2.69. The highest BCUT2D eigenvalue weighted by atomic mass is 16.3. The van der Waals surface area contributed by atoms with Crippen LogP contribution in [0, 0.1) is 6.92 Å². The van der Waals surface area contributed by atoms with Gasteiger partial charge in [-0.25, -0.2) is 0 Å². The van der Waals surface area contributed by atoms with Crippen LogP contribution in [-0.4, -0.2) is 23.5 Å². The SMILES string of the molecule is Cc1oc(CN2CCCCCCC2)cc1CNC(C)(C)C. The maximum absolute atomic E-state index is 5.97. The first-order valence-electron chi connectivity index (χ1n) is 8.49. The highest BCUT2D eigenvalue weighted by Gasteiger charge is 2.15. The van der Waals surface area contributed by atoms with Gasteiger partial charge in [0.15, 0.2) is 0 Å². The van der Waals surface area contributed by atoms with Gasteiger partial charge in [-0.1, -0.05) is 19.3 Å². The first-order chi connectivity index (χ1) is 9.94. The summed E-state index contributed by atoms with van der Waals surface area (Å²) >= 11 is 0. The molecular weight excluding hydrogens is 260 g/mol. The summed E-state index contributed by atoms with van der Waals surface area (Å²) < 4.78 is 5.97.